The van der Waals surface area contributed by atoms with E-state index in [0.717, 1.165) is 12.3 Å². The molecule has 0 radical (unpaired) electrons. The van der Waals surface area contributed by atoms with Gasteiger partial charge >= 0.3 is 0 Å². The first-order valence-corrected chi connectivity index (χ1v) is 8.06. The summed E-state index contributed by atoms with van der Waals surface area (Å²) in [5.74, 6) is 6.59. The predicted octanol–water partition coefficient (Wildman–Crippen LogP) is 3.64. The molecule has 0 bridgehead atoms. The molecular formula is C15H23IN2. The number of nitrogens with two attached hydrogens (primary N) is 1. The van der Waals surface area contributed by atoms with E-state index in [9.17, 15) is 0 Å². The van der Waals surface area contributed by atoms with E-state index in [1.165, 1.54) is 47.7 Å². The molecule has 1 atom stereocenters. The lowest BCUT2D eigenvalue weighted by molar-refractivity contribution is 0.298. The third kappa shape index (κ3) is 4.52. The maximum atomic E-state index is 5.72. The van der Waals surface area contributed by atoms with Gasteiger partial charge in [0, 0.05) is 9.61 Å². The molecule has 1 aliphatic rings. The first-order chi connectivity index (χ1) is 8.78. The monoisotopic (exact) mass is 358 g/mol. The lowest BCUT2D eigenvalue weighted by Crippen LogP contribution is -2.38. The number of halogens is 1. The van der Waals surface area contributed by atoms with Gasteiger partial charge in [0.25, 0.3) is 0 Å². The Labute approximate surface area is 124 Å². The molecule has 1 fully saturated rings. The number of nitrogens with one attached hydrogen (secondary N) is 1. The van der Waals surface area contributed by atoms with Gasteiger partial charge in [-0.3, -0.25) is 11.3 Å². The van der Waals surface area contributed by atoms with Crippen LogP contribution in [-0.4, -0.2) is 6.04 Å². The van der Waals surface area contributed by atoms with E-state index in [1.54, 1.807) is 0 Å². The van der Waals surface area contributed by atoms with E-state index in [2.05, 4.69) is 52.3 Å². The van der Waals surface area contributed by atoms with Gasteiger partial charge in [-0.05, 0) is 59.0 Å². The van der Waals surface area contributed by atoms with Crippen molar-refractivity contribution in [3.8, 4) is 0 Å². The summed E-state index contributed by atoms with van der Waals surface area (Å²) in [6, 6.07) is 9.20. The highest BCUT2D eigenvalue weighted by Gasteiger charge is 2.18. The fourth-order valence-electron chi connectivity index (χ4n) is 2.94. The van der Waals surface area contributed by atoms with Crippen LogP contribution in [0.15, 0.2) is 24.3 Å². The number of hydrogen-bond acceptors (Lipinski definition) is 2. The van der Waals surface area contributed by atoms with Crippen LogP contribution < -0.4 is 11.3 Å². The minimum Gasteiger partial charge on any atom is -0.271 e. The number of benzene rings is 1. The molecule has 1 aromatic carbocycles. The van der Waals surface area contributed by atoms with Crippen LogP contribution in [0.1, 0.15) is 44.1 Å². The summed E-state index contributed by atoms with van der Waals surface area (Å²) in [6.45, 7) is 0. The zero-order valence-corrected chi connectivity index (χ0v) is 13.0. The van der Waals surface area contributed by atoms with E-state index < -0.39 is 0 Å². The zero-order valence-electron chi connectivity index (χ0n) is 10.9. The van der Waals surface area contributed by atoms with Gasteiger partial charge in [-0.25, -0.2) is 0 Å². The van der Waals surface area contributed by atoms with Crippen LogP contribution in [0.2, 0.25) is 0 Å². The molecule has 2 nitrogen and oxygen atoms in total. The van der Waals surface area contributed by atoms with Crippen LogP contribution in [0.4, 0.5) is 0 Å². The molecule has 100 valence electrons. The Kier molecular flexibility index (Phi) is 5.92. The van der Waals surface area contributed by atoms with E-state index >= 15 is 0 Å². The minimum absolute atomic E-state index is 0.424. The van der Waals surface area contributed by atoms with E-state index in [0.29, 0.717) is 6.04 Å². The highest BCUT2D eigenvalue weighted by atomic mass is 127. The van der Waals surface area contributed by atoms with E-state index in [-0.39, 0.29) is 0 Å². The van der Waals surface area contributed by atoms with Gasteiger partial charge in [0.1, 0.15) is 0 Å². The van der Waals surface area contributed by atoms with Crippen LogP contribution >= 0.6 is 22.6 Å². The SMILES string of the molecule is NNC(Cc1ccc(I)cc1)CC1CCCCC1. The molecule has 1 saturated carbocycles. The van der Waals surface area contributed by atoms with Crippen LogP contribution in [-0.2, 0) is 6.42 Å². The standard InChI is InChI=1S/C15H23IN2/c16-14-8-6-13(7-9-14)11-15(18-17)10-12-4-2-1-3-5-12/h6-9,12,15,18H,1-5,10-11,17H2. The third-order valence-electron chi connectivity index (χ3n) is 3.97. The van der Waals surface area contributed by atoms with Crippen LogP contribution in [0, 0.1) is 9.49 Å². The van der Waals surface area contributed by atoms with Crippen molar-refractivity contribution in [2.75, 3.05) is 0 Å². The normalized spacial score (nSPS) is 18.8. The Morgan fingerprint density at radius 1 is 1.17 bits per heavy atom. The van der Waals surface area contributed by atoms with Gasteiger partial charge in [0.15, 0.2) is 0 Å². The van der Waals surface area contributed by atoms with Crippen molar-refractivity contribution in [2.24, 2.45) is 11.8 Å². The second-order valence-electron chi connectivity index (χ2n) is 5.43. The second-order valence-corrected chi connectivity index (χ2v) is 6.68. The van der Waals surface area contributed by atoms with Gasteiger partial charge in [-0.2, -0.15) is 0 Å². The molecule has 1 aliphatic carbocycles. The molecule has 2 rings (SSSR count). The molecule has 0 aromatic heterocycles. The average Bonchev–Trinajstić information content (AvgIpc) is 2.41. The highest BCUT2D eigenvalue weighted by Crippen LogP contribution is 2.27. The molecule has 0 amide bonds. The third-order valence-corrected chi connectivity index (χ3v) is 4.69. The lowest BCUT2D eigenvalue weighted by Gasteiger charge is -2.26. The Hall–Kier alpha value is -0.130. The van der Waals surface area contributed by atoms with Crippen LogP contribution in [0.3, 0.4) is 0 Å². The summed E-state index contributed by atoms with van der Waals surface area (Å²) in [7, 11) is 0. The van der Waals surface area contributed by atoms with Gasteiger partial charge < -0.3 is 0 Å². The number of hydrogen-bond donors (Lipinski definition) is 2. The number of rotatable bonds is 5. The van der Waals surface area contributed by atoms with Crippen LogP contribution in [0.25, 0.3) is 0 Å². The molecule has 3 heteroatoms. The quantitative estimate of drug-likeness (QED) is 0.479. The molecule has 18 heavy (non-hydrogen) atoms. The van der Waals surface area contributed by atoms with Crippen molar-refractivity contribution in [2.45, 2.75) is 51.0 Å². The van der Waals surface area contributed by atoms with Gasteiger partial charge in [0.05, 0.1) is 0 Å². The Morgan fingerprint density at radius 2 is 1.83 bits per heavy atom. The van der Waals surface area contributed by atoms with Crippen LogP contribution in [0.5, 0.6) is 0 Å². The summed E-state index contributed by atoms with van der Waals surface area (Å²) < 4.78 is 1.29. The molecule has 3 N–H and O–H groups in total. The summed E-state index contributed by atoms with van der Waals surface area (Å²) in [6.07, 6.45) is 9.30. The summed E-state index contributed by atoms with van der Waals surface area (Å²) in [5.41, 5.74) is 4.39. The van der Waals surface area contributed by atoms with Crippen molar-refractivity contribution < 1.29 is 0 Å². The van der Waals surface area contributed by atoms with E-state index in [4.69, 9.17) is 5.84 Å². The molecule has 0 spiro atoms. The lowest BCUT2D eigenvalue weighted by atomic mass is 9.84. The zero-order chi connectivity index (χ0) is 12.8. The molecular weight excluding hydrogens is 335 g/mol. The van der Waals surface area contributed by atoms with Crippen molar-refractivity contribution in [1.29, 1.82) is 0 Å². The molecule has 0 aliphatic heterocycles. The van der Waals surface area contributed by atoms with Crippen molar-refractivity contribution in [1.82, 2.24) is 5.43 Å². The fraction of sp³-hybridized carbons (Fsp3) is 0.600. The van der Waals surface area contributed by atoms with Crippen molar-refractivity contribution in [3.63, 3.8) is 0 Å². The van der Waals surface area contributed by atoms with Gasteiger partial charge in [0.2, 0.25) is 0 Å². The largest absolute Gasteiger partial charge is 0.271 e. The second kappa shape index (κ2) is 7.46. The summed E-state index contributed by atoms with van der Waals surface area (Å²) in [5, 5.41) is 0. The Balaban J connectivity index is 1.86. The van der Waals surface area contributed by atoms with E-state index in [1.807, 2.05) is 0 Å². The number of hydrazine groups is 1. The van der Waals surface area contributed by atoms with Gasteiger partial charge in [-0.15, -0.1) is 0 Å². The molecule has 1 aromatic rings. The van der Waals surface area contributed by atoms with Crippen molar-refractivity contribution >= 4 is 22.6 Å². The fourth-order valence-corrected chi connectivity index (χ4v) is 3.30. The smallest absolute Gasteiger partial charge is 0.0253 e. The Morgan fingerprint density at radius 3 is 2.44 bits per heavy atom. The summed E-state index contributed by atoms with van der Waals surface area (Å²) in [4.78, 5) is 0. The average molecular weight is 358 g/mol. The Bertz CT molecular complexity index is 344. The van der Waals surface area contributed by atoms with Gasteiger partial charge in [-0.1, -0.05) is 44.2 Å². The first kappa shape index (κ1) is 14.3. The topological polar surface area (TPSA) is 38.0 Å². The maximum Gasteiger partial charge on any atom is 0.0253 e. The molecule has 0 heterocycles. The molecule has 1 unspecified atom stereocenters. The minimum atomic E-state index is 0.424. The highest BCUT2D eigenvalue weighted by molar-refractivity contribution is 14.1. The maximum absolute atomic E-state index is 5.72. The predicted molar refractivity (Wildman–Crippen MR) is 85.2 cm³/mol. The molecule has 0 saturated heterocycles. The van der Waals surface area contributed by atoms with Crippen molar-refractivity contribution in [3.05, 3.63) is 33.4 Å². The summed E-state index contributed by atoms with van der Waals surface area (Å²) >= 11 is 2.34. The first-order valence-electron chi connectivity index (χ1n) is 6.98.